The van der Waals surface area contributed by atoms with E-state index in [1.54, 1.807) is 0 Å². The van der Waals surface area contributed by atoms with Gasteiger partial charge in [0.25, 0.3) is 0 Å². The summed E-state index contributed by atoms with van der Waals surface area (Å²) in [7, 11) is 0. The number of hydrogen-bond acceptors (Lipinski definition) is 1. The molecule has 26 heavy (non-hydrogen) atoms. The van der Waals surface area contributed by atoms with Gasteiger partial charge in [-0.05, 0) is 62.1 Å². The maximum absolute atomic E-state index is 13.2. The summed E-state index contributed by atoms with van der Waals surface area (Å²) >= 11 is 6.04. The van der Waals surface area contributed by atoms with Crippen LogP contribution >= 0.6 is 11.6 Å². The van der Waals surface area contributed by atoms with Gasteiger partial charge in [-0.25, -0.2) is 0 Å². The minimum absolute atomic E-state index is 0.275. The number of carbonyl (C=O) groups is 1. The number of likely N-dealkylation sites (tertiary alicyclic amines) is 1. The Hall–Kier alpha value is -1.02. The van der Waals surface area contributed by atoms with E-state index in [1.165, 1.54) is 50.5 Å². The lowest BCUT2D eigenvalue weighted by molar-refractivity contribution is -0.137. The van der Waals surface area contributed by atoms with E-state index in [1.807, 2.05) is 12.1 Å². The lowest BCUT2D eigenvalue weighted by Crippen LogP contribution is -2.39. The summed E-state index contributed by atoms with van der Waals surface area (Å²) in [5.74, 6) is 2.03. The molecule has 0 spiro atoms. The Bertz CT molecular complexity index is 562. The molecule has 2 fully saturated rings. The highest BCUT2D eigenvalue weighted by atomic mass is 35.5. The van der Waals surface area contributed by atoms with E-state index >= 15 is 0 Å². The third-order valence-corrected chi connectivity index (χ3v) is 6.74. The average molecular weight is 376 g/mol. The van der Waals surface area contributed by atoms with E-state index in [0.29, 0.717) is 11.8 Å². The molecule has 0 aromatic heterocycles. The molecule has 3 rings (SSSR count). The number of unbranched alkanes of at least 4 members (excludes halogenated alkanes) is 1. The van der Waals surface area contributed by atoms with Crippen molar-refractivity contribution in [3.05, 3.63) is 34.9 Å². The highest BCUT2D eigenvalue weighted by Crippen LogP contribution is 2.34. The van der Waals surface area contributed by atoms with E-state index in [-0.39, 0.29) is 5.92 Å². The van der Waals surface area contributed by atoms with Crippen molar-refractivity contribution in [2.75, 3.05) is 13.1 Å². The van der Waals surface area contributed by atoms with Crippen LogP contribution in [0.25, 0.3) is 0 Å². The van der Waals surface area contributed by atoms with Gasteiger partial charge in [-0.2, -0.15) is 0 Å². The quantitative estimate of drug-likeness (QED) is 0.580. The lowest BCUT2D eigenvalue weighted by atomic mass is 9.79. The van der Waals surface area contributed by atoms with Gasteiger partial charge in [-0.15, -0.1) is 0 Å². The van der Waals surface area contributed by atoms with Crippen molar-refractivity contribution < 1.29 is 4.79 Å². The van der Waals surface area contributed by atoms with Gasteiger partial charge in [0.05, 0.1) is 0 Å². The molecular formula is C23H34ClNO. The molecule has 1 saturated carbocycles. The van der Waals surface area contributed by atoms with Crippen LogP contribution in [0.3, 0.4) is 0 Å². The molecule has 1 aromatic rings. The molecule has 1 heterocycles. The zero-order valence-electron chi connectivity index (χ0n) is 16.3. The third kappa shape index (κ3) is 5.25. The van der Waals surface area contributed by atoms with Gasteiger partial charge in [-0.3, -0.25) is 4.79 Å². The predicted octanol–water partition coefficient (Wildman–Crippen LogP) is 6.43. The lowest BCUT2D eigenvalue weighted by Gasteiger charge is -2.33. The van der Waals surface area contributed by atoms with Gasteiger partial charge in [-0.1, -0.05) is 56.3 Å². The Labute approximate surface area is 164 Å². The normalized spacial score (nSPS) is 27.2. The van der Waals surface area contributed by atoms with Crippen molar-refractivity contribution in [2.45, 2.75) is 77.0 Å². The Morgan fingerprint density at radius 2 is 1.81 bits per heavy atom. The first kappa shape index (κ1) is 19.7. The summed E-state index contributed by atoms with van der Waals surface area (Å²) in [6.07, 6.45) is 12.2. The largest absolute Gasteiger partial charge is 0.342 e. The smallest absolute Gasteiger partial charge is 0.225 e. The van der Waals surface area contributed by atoms with Crippen LogP contribution < -0.4 is 0 Å². The molecular weight excluding hydrogens is 342 g/mol. The second-order valence-electron chi connectivity index (χ2n) is 8.39. The summed E-state index contributed by atoms with van der Waals surface area (Å²) in [5, 5.41) is 0.787. The van der Waals surface area contributed by atoms with Crippen molar-refractivity contribution in [1.29, 1.82) is 0 Å². The minimum Gasteiger partial charge on any atom is -0.342 e. The number of halogens is 1. The fourth-order valence-corrected chi connectivity index (χ4v) is 4.92. The van der Waals surface area contributed by atoms with Crippen molar-refractivity contribution in [3.8, 4) is 0 Å². The minimum atomic E-state index is 0.275. The predicted molar refractivity (Wildman–Crippen MR) is 110 cm³/mol. The molecule has 1 aliphatic carbocycles. The summed E-state index contributed by atoms with van der Waals surface area (Å²) < 4.78 is 0. The van der Waals surface area contributed by atoms with Crippen molar-refractivity contribution >= 4 is 17.5 Å². The van der Waals surface area contributed by atoms with Crippen LogP contribution in [-0.2, 0) is 4.79 Å². The molecule has 144 valence electrons. The van der Waals surface area contributed by atoms with Crippen molar-refractivity contribution in [3.63, 3.8) is 0 Å². The van der Waals surface area contributed by atoms with E-state index in [4.69, 9.17) is 11.6 Å². The Morgan fingerprint density at radius 1 is 1.08 bits per heavy atom. The Balaban J connectivity index is 1.57. The van der Waals surface area contributed by atoms with Crippen LogP contribution in [0.2, 0.25) is 5.02 Å². The number of hydrogen-bond donors (Lipinski definition) is 0. The molecule has 0 radical (unpaired) electrons. The zero-order valence-corrected chi connectivity index (χ0v) is 17.0. The Kier molecular flexibility index (Phi) is 7.42. The monoisotopic (exact) mass is 375 g/mol. The highest BCUT2D eigenvalue weighted by Gasteiger charge is 2.31. The molecule has 0 bridgehead atoms. The summed E-state index contributed by atoms with van der Waals surface area (Å²) in [5.41, 5.74) is 1.33. The molecule has 1 aromatic carbocycles. The molecule has 2 nitrogen and oxygen atoms in total. The van der Waals surface area contributed by atoms with E-state index in [9.17, 15) is 4.79 Å². The maximum Gasteiger partial charge on any atom is 0.225 e. The van der Waals surface area contributed by atoms with E-state index < -0.39 is 0 Å². The number of nitrogens with zero attached hydrogens (tertiary/aromatic N) is 1. The molecule has 1 saturated heterocycles. The summed E-state index contributed by atoms with van der Waals surface area (Å²) in [6, 6.07) is 8.23. The third-order valence-electron chi connectivity index (χ3n) is 6.49. The van der Waals surface area contributed by atoms with E-state index in [2.05, 4.69) is 24.0 Å². The van der Waals surface area contributed by atoms with Crippen LogP contribution in [0.1, 0.15) is 82.6 Å². The molecule has 1 atom stereocenters. The van der Waals surface area contributed by atoms with Crippen molar-refractivity contribution in [1.82, 2.24) is 4.90 Å². The van der Waals surface area contributed by atoms with Gasteiger partial charge in [0.15, 0.2) is 0 Å². The number of carbonyl (C=O) groups excluding carboxylic acids is 1. The highest BCUT2D eigenvalue weighted by molar-refractivity contribution is 6.30. The molecule has 1 unspecified atom stereocenters. The second-order valence-corrected chi connectivity index (χ2v) is 8.82. The SMILES string of the molecule is CCCCC1CCC(C(=O)N2CCCCC(c3ccc(Cl)cc3)C2)CC1. The van der Waals surface area contributed by atoms with Crippen molar-refractivity contribution in [2.24, 2.45) is 11.8 Å². The van der Waals surface area contributed by atoms with Crippen LogP contribution in [0, 0.1) is 11.8 Å². The first-order valence-electron chi connectivity index (χ1n) is 10.7. The first-order valence-corrected chi connectivity index (χ1v) is 11.1. The summed E-state index contributed by atoms with van der Waals surface area (Å²) in [6.45, 7) is 4.10. The topological polar surface area (TPSA) is 20.3 Å². The summed E-state index contributed by atoms with van der Waals surface area (Å²) in [4.78, 5) is 15.3. The number of benzene rings is 1. The average Bonchev–Trinajstić information content (AvgIpc) is 2.93. The molecule has 1 amide bonds. The Morgan fingerprint density at radius 3 is 2.50 bits per heavy atom. The number of rotatable bonds is 5. The van der Waals surface area contributed by atoms with Crippen LogP contribution in [0.5, 0.6) is 0 Å². The first-order chi connectivity index (χ1) is 12.7. The van der Waals surface area contributed by atoms with Gasteiger partial charge in [0, 0.05) is 29.9 Å². The molecule has 2 aliphatic rings. The van der Waals surface area contributed by atoms with Gasteiger partial charge in [0.1, 0.15) is 0 Å². The number of amides is 1. The fourth-order valence-electron chi connectivity index (χ4n) is 4.80. The molecule has 0 N–H and O–H groups in total. The van der Waals surface area contributed by atoms with Crippen LogP contribution in [0.15, 0.2) is 24.3 Å². The maximum atomic E-state index is 13.2. The second kappa shape index (κ2) is 9.78. The van der Waals surface area contributed by atoms with Crippen LogP contribution in [0.4, 0.5) is 0 Å². The molecule has 1 aliphatic heterocycles. The fraction of sp³-hybridized carbons (Fsp3) is 0.696. The van der Waals surface area contributed by atoms with Gasteiger partial charge in [0.2, 0.25) is 5.91 Å². The zero-order chi connectivity index (χ0) is 18.4. The van der Waals surface area contributed by atoms with E-state index in [0.717, 1.165) is 43.3 Å². The van der Waals surface area contributed by atoms with Crippen LogP contribution in [-0.4, -0.2) is 23.9 Å². The van der Waals surface area contributed by atoms with Gasteiger partial charge < -0.3 is 4.90 Å². The standard InChI is InChI=1S/C23H34ClNO/c1-2-3-6-18-8-10-20(11-9-18)23(26)25-16-5-4-7-21(17-25)19-12-14-22(24)15-13-19/h12-15,18,20-21H,2-11,16-17H2,1H3. The van der Waals surface area contributed by atoms with Gasteiger partial charge >= 0.3 is 0 Å². The molecule has 3 heteroatoms.